The molecule has 0 fully saturated rings. The van der Waals surface area contributed by atoms with Crippen molar-refractivity contribution < 1.29 is 0 Å². The molecule has 0 amide bonds. The number of aromatic nitrogens is 1. The van der Waals surface area contributed by atoms with Crippen molar-refractivity contribution in [2.75, 3.05) is 12.4 Å². The first kappa shape index (κ1) is 13.3. The number of pyridine rings is 1. The van der Waals surface area contributed by atoms with E-state index in [-0.39, 0.29) is 0 Å². The molecule has 2 rings (SSSR count). The van der Waals surface area contributed by atoms with Crippen LogP contribution in [0.2, 0.25) is 0 Å². The van der Waals surface area contributed by atoms with Gasteiger partial charge in [0.1, 0.15) is 0 Å². The summed E-state index contributed by atoms with van der Waals surface area (Å²) in [7, 11) is 0. The monoisotopic (exact) mass is 262 g/mol. The molecule has 0 bridgehead atoms. The molecule has 0 unspecified atom stereocenters. The van der Waals surface area contributed by atoms with E-state index < -0.39 is 0 Å². The predicted molar refractivity (Wildman–Crippen MR) is 78.0 cm³/mol. The molecular formula is C15H19ClN2. The zero-order chi connectivity index (χ0) is 12.6. The first-order chi connectivity index (χ1) is 8.90. The number of nitrogens with one attached hydrogen (secondary N) is 1. The predicted octanol–water partition coefficient (Wildman–Crippen LogP) is 3.73. The van der Waals surface area contributed by atoms with E-state index in [1.54, 1.807) is 0 Å². The third kappa shape index (κ3) is 3.97. The highest BCUT2D eigenvalue weighted by Gasteiger charge is 1.97. The molecule has 0 radical (unpaired) electrons. The standard InChI is InChI=1S/C15H19ClN2/c16-10-4-1-5-11-17-12-14-9-8-13-6-2-3-7-15(13)18-14/h2-3,6-9,17H,1,4-5,10-12H2. The Labute approximate surface area is 113 Å². The first-order valence-electron chi connectivity index (χ1n) is 6.51. The number of halogens is 1. The van der Waals surface area contributed by atoms with Gasteiger partial charge in [-0.05, 0) is 31.5 Å². The van der Waals surface area contributed by atoms with Crippen LogP contribution in [-0.4, -0.2) is 17.4 Å². The summed E-state index contributed by atoms with van der Waals surface area (Å²) in [5.41, 5.74) is 2.17. The summed E-state index contributed by atoms with van der Waals surface area (Å²) in [4.78, 5) is 4.63. The van der Waals surface area contributed by atoms with Gasteiger partial charge >= 0.3 is 0 Å². The molecule has 0 atom stereocenters. The average Bonchev–Trinajstić information content (AvgIpc) is 2.42. The fourth-order valence-corrected chi connectivity index (χ4v) is 2.13. The average molecular weight is 263 g/mol. The maximum absolute atomic E-state index is 5.64. The van der Waals surface area contributed by atoms with E-state index in [1.165, 1.54) is 18.2 Å². The van der Waals surface area contributed by atoms with Crippen LogP contribution in [0.15, 0.2) is 36.4 Å². The van der Waals surface area contributed by atoms with Gasteiger partial charge in [-0.25, -0.2) is 0 Å². The number of alkyl halides is 1. The van der Waals surface area contributed by atoms with Crippen LogP contribution in [0.4, 0.5) is 0 Å². The van der Waals surface area contributed by atoms with Crippen molar-refractivity contribution in [3.63, 3.8) is 0 Å². The third-order valence-corrected chi connectivity index (χ3v) is 3.22. The van der Waals surface area contributed by atoms with E-state index in [1.807, 2.05) is 12.1 Å². The van der Waals surface area contributed by atoms with Crippen molar-refractivity contribution in [1.82, 2.24) is 10.3 Å². The second kappa shape index (κ2) is 7.34. The van der Waals surface area contributed by atoms with Gasteiger partial charge in [0.05, 0.1) is 11.2 Å². The molecule has 0 saturated carbocycles. The van der Waals surface area contributed by atoms with Crippen LogP contribution >= 0.6 is 11.6 Å². The molecule has 96 valence electrons. The molecule has 0 aliphatic carbocycles. The Kier molecular flexibility index (Phi) is 5.43. The van der Waals surface area contributed by atoms with Gasteiger partial charge in [-0.3, -0.25) is 4.98 Å². The van der Waals surface area contributed by atoms with Crippen LogP contribution in [0.25, 0.3) is 10.9 Å². The second-order valence-corrected chi connectivity index (χ2v) is 4.80. The van der Waals surface area contributed by atoms with Crippen molar-refractivity contribution in [3.8, 4) is 0 Å². The quantitative estimate of drug-likeness (QED) is 0.607. The van der Waals surface area contributed by atoms with Crippen LogP contribution in [0.5, 0.6) is 0 Å². The summed E-state index contributed by atoms with van der Waals surface area (Å²) in [6.45, 7) is 1.87. The van der Waals surface area contributed by atoms with Gasteiger partial charge in [-0.15, -0.1) is 11.6 Å². The van der Waals surface area contributed by atoms with E-state index in [0.717, 1.165) is 36.6 Å². The van der Waals surface area contributed by atoms with Crippen molar-refractivity contribution in [3.05, 3.63) is 42.1 Å². The minimum atomic E-state index is 0.770. The highest BCUT2D eigenvalue weighted by Crippen LogP contribution is 2.11. The smallest absolute Gasteiger partial charge is 0.0705 e. The molecule has 0 spiro atoms. The number of hydrogen-bond acceptors (Lipinski definition) is 2. The van der Waals surface area contributed by atoms with Crippen LogP contribution < -0.4 is 5.32 Å². The molecule has 1 heterocycles. The van der Waals surface area contributed by atoms with E-state index in [2.05, 4.69) is 34.6 Å². The minimum Gasteiger partial charge on any atom is -0.311 e. The normalized spacial score (nSPS) is 10.9. The molecule has 18 heavy (non-hydrogen) atoms. The minimum absolute atomic E-state index is 0.770. The summed E-state index contributed by atoms with van der Waals surface area (Å²) < 4.78 is 0. The van der Waals surface area contributed by atoms with E-state index >= 15 is 0 Å². The Morgan fingerprint density at radius 1 is 1.00 bits per heavy atom. The van der Waals surface area contributed by atoms with Gasteiger partial charge in [0.25, 0.3) is 0 Å². The molecular weight excluding hydrogens is 244 g/mol. The van der Waals surface area contributed by atoms with Crippen molar-refractivity contribution in [1.29, 1.82) is 0 Å². The molecule has 1 aromatic carbocycles. The van der Waals surface area contributed by atoms with Crippen molar-refractivity contribution in [2.45, 2.75) is 25.8 Å². The molecule has 3 heteroatoms. The highest BCUT2D eigenvalue weighted by atomic mass is 35.5. The Bertz CT molecular complexity index is 485. The SMILES string of the molecule is ClCCCCCNCc1ccc2ccccc2n1. The first-order valence-corrected chi connectivity index (χ1v) is 7.05. The van der Waals surface area contributed by atoms with Crippen LogP contribution in [0, 0.1) is 0 Å². The lowest BCUT2D eigenvalue weighted by atomic mass is 10.2. The zero-order valence-electron chi connectivity index (χ0n) is 10.5. The van der Waals surface area contributed by atoms with E-state index in [4.69, 9.17) is 11.6 Å². The number of fused-ring (bicyclic) bond motifs is 1. The van der Waals surface area contributed by atoms with Crippen molar-refractivity contribution in [2.24, 2.45) is 0 Å². The maximum atomic E-state index is 5.64. The summed E-state index contributed by atoms with van der Waals surface area (Å²) in [6, 6.07) is 12.4. The molecule has 0 saturated heterocycles. The van der Waals surface area contributed by atoms with E-state index in [9.17, 15) is 0 Å². The summed E-state index contributed by atoms with van der Waals surface area (Å²) in [5.74, 6) is 0.770. The highest BCUT2D eigenvalue weighted by molar-refractivity contribution is 6.17. The molecule has 2 nitrogen and oxygen atoms in total. The lowest BCUT2D eigenvalue weighted by Crippen LogP contribution is -2.15. The fraction of sp³-hybridized carbons (Fsp3) is 0.400. The lowest BCUT2D eigenvalue weighted by Gasteiger charge is -2.05. The van der Waals surface area contributed by atoms with Crippen LogP contribution in [0.3, 0.4) is 0 Å². The number of nitrogens with zero attached hydrogens (tertiary/aromatic N) is 1. The number of benzene rings is 1. The van der Waals surface area contributed by atoms with Crippen LogP contribution in [-0.2, 0) is 6.54 Å². The van der Waals surface area contributed by atoms with Gasteiger partial charge in [0.15, 0.2) is 0 Å². The second-order valence-electron chi connectivity index (χ2n) is 4.42. The largest absolute Gasteiger partial charge is 0.311 e. The van der Waals surface area contributed by atoms with Crippen LogP contribution in [0.1, 0.15) is 25.0 Å². The maximum Gasteiger partial charge on any atom is 0.0705 e. The van der Waals surface area contributed by atoms with Gasteiger partial charge in [-0.2, -0.15) is 0 Å². The number of hydrogen-bond donors (Lipinski definition) is 1. The summed E-state index contributed by atoms with van der Waals surface area (Å²) in [5, 5.41) is 4.62. The zero-order valence-corrected chi connectivity index (χ0v) is 11.3. The third-order valence-electron chi connectivity index (χ3n) is 2.95. The summed E-state index contributed by atoms with van der Waals surface area (Å²) in [6.07, 6.45) is 3.49. The Morgan fingerprint density at radius 2 is 1.89 bits per heavy atom. The molecule has 0 aliphatic heterocycles. The molecule has 2 aromatic rings. The Balaban J connectivity index is 1.81. The van der Waals surface area contributed by atoms with Gasteiger partial charge in [0.2, 0.25) is 0 Å². The number of rotatable bonds is 7. The number of para-hydroxylation sites is 1. The van der Waals surface area contributed by atoms with Gasteiger partial charge in [-0.1, -0.05) is 30.7 Å². The van der Waals surface area contributed by atoms with E-state index in [0.29, 0.717) is 0 Å². The Morgan fingerprint density at radius 3 is 2.78 bits per heavy atom. The van der Waals surface area contributed by atoms with Gasteiger partial charge < -0.3 is 5.32 Å². The molecule has 1 aromatic heterocycles. The fourth-order valence-electron chi connectivity index (χ4n) is 1.94. The summed E-state index contributed by atoms with van der Waals surface area (Å²) >= 11 is 5.64. The molecule has 1 N–H and O–H groups in total. The lowest BCUT2D eigenvalue weighted by molar-refractivity contribution is 0.613. The topological polar surface area (TPSA) is 24.9 Å². The number of unbranched alkanes of at least 4 members (excludes halogenated alkanes) is 2. The Hall–Kier alpha value is -1.12. The van der Waals surface area contributed by atoms with Gasteiger partial charge in [0, 0.05) is 17.8 Å². The van der Waals surface area contributed by atoms with Crippen molar-refractivity contribution >= 4 is 22.5 Å². The molecule has 0 aliphatic rings.